The number of nitrogens with zero attached hydrogens (tertiary/aromatic N) is 4. The lowest BCUT2D eigenvalue weighted by Crippen LogP contribution is -2.11. The van der Waals surface area contributed by atoms with E-state index in [1.807, 2.05) is 41.8 Å². The molecule has 3 N–H and O–H groups in total. The van der Waals surface area contributed by atoms with E-state index < -0.39 is 17.2 Å². The Bertz CT molecular complexity index is 1480. The molecule has 5 aromatic rings. The van der Waals surface area contributed by atoms with Crippen molar-refractivity contribution in [1.82, 2.24) is 9.66 Å². The molecule has 0 saturated carbocycles. The maximum Gasteiger partial charge on any atom is 0.211 e. The van der Waals surface area contributed by atoms with Crippen molar-refractivity contribution in [3.05, 3.63) is 82.7 Å². The van der Waals surface area contributed by atoms with Gasteiger partial charge in [0.2, 0.25) is 10.6 Å². The zero-order valence-corrected chi connectivity index (χ0v) is 17.3. The van der Waals surface area contributed by atoms with Crippen LogP contribution in [0.3, 0.4) is 0 Å². The van der Waals surface area contributed by atoms with E-state index in [1.54, 1.807) is 23.1 Å². The topological polar surface area (TPSA) is 116 Å². The Morgan fingerprint density at radius 3 is 2.69 bits per heavy atom. The number of furan rings is 1. The monoisotopic (exact) mass is 444 g/mol. The van der Waals surface area contributed by atoms with Crippen LogP contribution in [-0.4, -0.2) is 31.2 Å². The molecule has 0 unspecified atom stereocenters. The molecule has 0 radical (unpaired) electrons. The number of hydrogen-bond acceptors (Lipinski definition) is 8. The van der Waals surface area contributed by atoms with Gasteiger partial charge in [-0.2, -0.15) is 5.10 Å². The van der Waals surface area contributed by atoms with Crippen molar-refractivity contribution in [3.63, 3.8) is 0 Å². The maximum atomic E-state index is 10.1. The predicted octanol–water partition coefficient (Wildman–Crippen LogP) is 4.59. The van der Waals surface area contributed by atoms with E-state index in [9.17, 15) is 15.3 Å². The van der Waals surface area contributed by atoms with Gasteiger partial charge in [0.25, 0.3) is 0 Å². The first-order chi connectivity index (χ1) is 15.6. The number of rotatable bonds is 4. The zero-order chi connectivity index (χ0) is 22.1. The van der Waals surface area contributed by atoms with Gasteiger partial charge in [-0.3, -0.25) is 4.98 Å². The first-order valence-corrected chi connectivity index (χ1v) is 10.4. The van der Waals surface area contributed by atoms with Crippen LogP contribution in [0.5, 0.6) is 17.2 Å². The molecule has 0 aliphatic heterocycles. The van der Waals surface area contributed by atoms with Gasteiger partial charge in [-0.25, -0.2) is 9.67 Å². The summed E-state index contributed by atoms with van der Waals surface area (Å²) in [7, 11) is 0. The van der Waals surface area contributed by atoms with Crippen LogP contribution in [-0.2, 0) is 0 Å². The molecule has 0 bridgehead atoms. The number of para-hydroxylation sites is 1. The average molecular weight is 444 g/mol. The minimum atomic E-state index is -0.609. The molecule has 0 saturated heterocycles. The number of aromatic hydroxyl groups is 3. The fourth-order valence-corrected chi connectivity index (χ4v) is 3.94. The van der Waals surface area contributed by atoms with Gasteiger partial charge in [-0.15, -0.1) is 11.3 Å². The summed E-state index contributed by atoms with van der Waals surface area (Å²) in [6, 6.07) is 15.9. The number of phenolic OH excluding ortho intramolecular Hbond substituents is 3. The Morgan fingerprint density at radius 1 is 1.00 bits per heavy atom. The summed E-state index contributed by atoms with van der Waals surface area (Å²) in [6.45, 7) is 0. The largest absolute Gasteiger partial charge is 0.504 e. The van der Waals surface area contributed by atoms with Gasteiger partial charge in [0.15, 0.2) is 17.3 Å². The molecule has 0 aliphatic carbocycles. The van der Waals surface area contributed by atoms with E-state index in [1.165, 1.54) is 29.7 Å². The first kappa shape index (κ1) is 19.6. The first-order valence-electron chi connectivity index (χ1n) is 9.52. The van der Waals surface area contributed by atoms with Crippen molar-refractivity contribution in [2.75, 3.05) is 0 Å². The number of thiazole rings is 1. The second-order valence-corrected chi connectivity index (χ2v) is 7.64. The van der Waals surface area contributed by atoms with Crippen molar-refractivity contribution in [1.29, 1.82) is 0 Å². The van der Waals surface area contributed by atoms with Crippen molar-refractivity contribution in [3.8, 4) is 28.7 Å². The summed E-state index contributed by atoms with van der Waals surface area (Å²) in [5.74, 6) is -0.897. The van der Waals surface area contributed by atoms with Crippen LogP contribution >= 0.6 is 11.3 Å². The molecule has 3 aromatic heterocycles. The highest BCUT2D eigenvalue weighted by atomic mass is 32.1. The molecule has 3 heterocycles. The number of benzene rings is 2. The predicted molar refractivity (Wildman–Crippen MR) is 121 cm³/mol. The third-order valence-corrected chi connectivity index (χ3v) is 5.52. The highest BCUT2D eigenvalue weighted by Gasteiger charge is 2.14. The number of aromatic nitrogens is 2. The fourth-order valence-electron chi connectivity index (χ4n) is 3.11. The molecule has 0 amide bonds. The van der Waals surface area contributed by atoms with E-state index in [0.717, 1.165) is 11.0 Å². The van der Waals surface area contributed by atoms with Crippen LogP contribution in [0.25, 0.3) is 22.4 Å². The summed E-state index contributed by atoms with van der Waals surface area (Å²) in [5, 5.41) is 36.8. The van der Waals surface area contributed by atoms with Gasteiger partial charge in [0, 0.05) is 22.5 Å². The second-order valence-electron chi connectivity index (χ2n) is 6.80. The number of pyridine rings is 1. The third kappa shape index (κ3) is 3.61. The van der Waals surface area contributed by atoms with Crippen molar-refractivity contribution in [2.24, 2.45) is 10.1 Å². The van der Waals surface area contributed by atoms with Gasteiger partial charge in [-0.1, -0.05) is 18.2 Å². The molecule has 0 aliphatic rings. The minimum Gasteiger partial charge on any atom is -0.504 e. The van der Waals surface area contributed by atoms with Gasteiger partial charge in [0.05, 0.1) is 18.1 Å². The van der Waals surface area contributed by atoms with Crippen LogP contribution in [0.2, 0.25) is 0 Å². The van der Waals surface area contributed by atoms with Crippen molar-refractivity contribution < 1.29 is 19.7 Å². The van der Waals surface area contributed by atoms with Crippen LogP contribution in [0.15, 0.2) is 86.9 Å². The van der Waals surface area contributed by atoms with Gasteiger partial charge < -0.3 is 19.7 Å². The summed E-state index contributed by atoms with van der Waals surface area (Å²) in [6.07, 6.45) is 4.67. The molecule has 8 nitrogen and oxygen atoms in total. The summed E-state index contributed by atoms with van der Waals surface area (Å²) < 4.78 is 7.59. The third-order valence-electron chi connectivity index (χ3n) is 4.71. The van der Waals surface area contributed by atoms with Crippen molar-refractivity contribution in [2.45, 2.75) is 0 Å². The lowest BCUT2D eigenvalue weighted by molar-refractivity contribution is 0.367. The lowest BCUT2D eigenvalue weighted by Gasteiger charge is -2.04. The molecule has 9 heteroatoms. The fraction of sp³-hybridized carbons (Fsp3) is 0. The Labute approximate surface area is 185 Å². The molecule has 5 rings (SSSR count). The number of hydrogen-bond donors (Lipinski definition) is 3. The normalized spacial score (nSPS) is 12.2. The molecule has 0 fully saturated rings. The maximum absolute atomic E-state index is 10.1. The SMILES string of the molecule is Oc1ccc(C=Nn2c(-c3cc4ccccc4o3)csc2=Nc2cccnc2)c(O)c1O. The summed E-state index contributed by atoms with van der Waals surface area (Å²) in [5.41, 5.74) is 2.28. The molecule has 0 spiro atoms. The minimum absolute atomic E-state index is 0.224. The Hall–Kier alpha value is -4.37. The van der Waals surface area contributed by atoms with Gasteiger partial charge in [0.1, 0.15) is 11.3 Å². The zero-order valence-electron chi connectivity index (χ0n) is 16.5. The Balaban J connectivity index is 1.67. The van der Waals surface area contributed by atoms with Crippen LogP contribution in [0.1, 0.15) is 5.56 Å². The highest BCUT2D eigenvalue weighted by Crippen LogP contribution is 2.36. The molecule has 32 heavy (non-hydrogen) atoms. The Morgan fingerprint density at radius 2 is 1.88 bits per heavy atom. The molecule has 0 atom stereocenters. The molecular weight excluding hydrogens is 428 g/mol. The summed E-state index contributed by atoms with van der Waals surface area (Å²) >= 11 is 1.36. The summed E-state index contributed by atoms with van der Waals surface area (Å²) in [4.78, 5) is 9.26. The van der Waals surface area contributed by atoms with Crippen LogP contribution in [0.4, 0.5) is 5.69 Å². The second kappa shape index (κ2) is 8.05. The number of fused-ring (bicyclic) bond motifs is 1. The van der Waals surface area contributed by atoms with Crippen molar-refractivity contribution >= 4 is 34.2 Å². The Kier molecular flexibility index (Phi) is 4.92. The molecule has 158 valence electrons. The van der Waals surface area contributed by atoms with E-state index >= 15 is 0 Å². The van der Waals surface area contributed by atoms with E-state index in [2.05, 4.69) is 15.1 Å². The van der Waals surface area contributed by atoms with Crippen LogP contribution in [0, 0.1) is 0 Å². The molecular formula is C23H16N4O4S. The smallest absolute Gasteiger partial charge is 0.211 e. The quantitative estimate of drug-likeness (QED) is 0.277. The van der Waals surface area contributed by atoms with Gasteiger partial charge >= 0.3 is 0 Å². The van der Waals surface area contributed by atoms with Crippen LogP contribution < -0.4 is 4.80 Å². The van der Waals surface area contributed by atoms with E-state index in [-0.39, 0.29) is 5.56 Å². The molecule has 2 aromatic carbocycles. The standard InChI is InChI=1S/C23H16N4O4S/c28-18-8-7-15(21(29)22(18)30)11-25-27-17(20-10-14-4-1-2-6-19(14)31-20)13-32-23(27)26-16-5-3-9-24-12-16/h1-13,28-30H. The number of phenols is 3. The highest BCUT2D eigenvalue weighted by molar-refractivity contribution is 7.07. The van der Waals surface area contributed by atoms with E-state index in [0.29, 0.717) is 21.9 Å². The van der Waals surface area contributed by atoms with E-state index in [4.69, 9.17) is 4.42 Å². The average Bonchev–Trinajstić information content (AvgIpc) is 3.41. The lowest BCUT2D eigenvalue weighted by atomic mass is 10.2. The van der Waals surface area contributed by atoms with Gasteiger partial charge in [-0.05, 0) is 36.4 Å².